The topological polar surface area (TPSA) is 101 Å². The van der Waals surface area contributed by atoms with E-state index >= 15 is 0 Å². The molecule has 162 valence electrons. The second kappa shape index (κ2) is 7.86. The van der Waals surface area contributed by atoms with Crippen LogP contribution < -0.4 is 11.1 Å². The number of alkyl halides is 3. The summed E-state index contributed by atoms with van der Waals surface area (Å²) in [5.74, 6) is -0.560. The summed E-state index contributed by atoms with van der Waals surface area (Å²) >= 11 is 1.14. The molecule has 3 amide bonds. The number of nitrogens with two attached hydrogens (primary N) is 1. The second-order valence-corrected chi connectivity index (χ2v) is 8.67. The van der Waals surface area contributed by atoms with Crippen LogP contribution in [0.3, 0.4) is 0 Å². The Morgan fingerprint density at radius 2 is 2.03 bits per heavy atom. The van der Waals surface area contributed by atoms with Gasteiger partial charge in [-0.1, -0.05) is 11.3 Å². The number of likely N-dealkylation sites (tertiary alicyclic amines) is 1. The molecule has 1 aliphatic heterocycles. The third-order valence-electron chi connectivity index (χ3n) is 5.22. The number of rotatable bonds is 4. The maximum absolute atomic E-state index is 13.4. The van der Waals surface area contributed by atoms with Crippen molar-refractivity contribution in [1.29, 1.82) is 0 Å². The molecule has 3 heterocycles. The van der Waals surface area contributed by atoms with Crippen molar-refractivity contribution in [3.63, 3.8) is 0 Å². The molecule has 11 heteroatoms. The molecule has 1 aliphatic rings. The van der Waals surface area contributed by atoms with E-state index in [4.69, 9.17) is 5.73 Å². The Balaban J connectivity index is 1.84. The fourth-order valence-electron chi connectivity index (χ4n) is 3.25. The van der Waals surface area contributed by atoms with Crippen LogP contribution in [0, 0.1) is 6.92 Å². The van der Waals surface area contributed by atoms with E-state index in [-0.39, 0.29) is 10.8 Å². The highest BCUT2D eigenvalue weighted by Gasteiger charge is 2.49. The number of aryl methyl sites for hydroxylation is 1. The van der Waals surface area contributed by atoms with E-state index in [2.05, 4.69) is 15.3 Å². The van der Waals surface area contributed by atoms with Gasteiger partial charge in [0.15, 0.2) is 5.13 Å². The summed E-state index contributed by atoms with van der Waals surface area (Å²) in [5.41, 5.74) is 4.22. The van der Waals surface area contributed by atoms with Gasteiger partial charge in [-0.05, 0) is 51.3 Å². The molecule has 7 nitrogen and oxygen atoms in total. The summed E-state index contributed by atoms with van der Waals surface area (Å²) in [6.07, 6.45) is -1.93. The highest BCUT2D eigenvalue weighted by Crippen LogP contribution is 2.41. The molecule has 2 aromatic heterocycles. The minimum absolute atomic E-state index is 0.104. The Labute approximate surface area is 175 Å². The summed E-state index contributed by atoms with van der Waals surface area (Å²) in [6, 6.07) is 1.86. The van der Waals surface area contributed by atoms with Gasteiger partial charge in [-0.15, -0.1) is 0 Å². The predicted molar refractivity (Wildman–Crippen MR) is 107 cm³/mol. The number of hydrogen-bond acceptors (Lipinski definition) is 5. The molecule has 0 aromatic carbocycles. The Morgan fingerprint density at radius 3 is 2.67 bits per heavy atom. The molecule has 3 rings (SSSR count). The number of primary amides is 1. The van der Waals surface area contributed by atoms with Crippen LogP contribution in [0.5, 0.6) is 0 Å². The second-order valence-electron chi connectivity index (χ2n) is 7.67. The van der Waals surface area contributed by atoms with Crippen molar-refractivity contribution in [2.24, 2.45) is 5.73 Å². The number of aromatic nitrogens is 2. The Morgan fingerprint density at radius 1 is 1.33 bits per heavy atom. The number of carbonyl (C=O) groups is 2. The molecule has 0 bridgehead atoms. The van der Waals surface area contributed by atoms with E-state index in [9.17, 15) is 22.8 Å². The number of nitrogens with one attached hydrogen (secondary N) is 1. The number of amides is 3. The third-order valence-corrected chi connectivity index (χ3v) is 6.35. The maximum atomic E-state index is 13.4. The van der Waals surface area contributed by atoms with Crippen LogP contribution in [-0.2, 0) is 10.2 Å². The van der Waals surface area contributed by atoms with Gasteiger partial charge in [0, 0.05) is 12.7 Å². The number of halogens is 3. The predicted octanol–water partition coefficient (Wildman–Crippen LogP) is 3.84. The lowest BCUT2D eigenvalue weighted by Crippen LogP contribution is -2.45. The number of nitrogens with zero attached hydrogens (tertiary/aromatic N) is 3. The first-order valence-corrected chi connectivity index (χ1v) is 10.1. The molecule has 2 aromatic rings. The number of thiazole rings is 1. The van der Waals surface area contributed by atoms with E-state index in [1.807, 2.05) is 0 Å². The largest absolute Gasteiger partial charge is 0.399 e. The zero-order valence-corrected chi connectivity index (χ0v) is 17.5. The van der Waals surface area contributed by atoms with Crippen molar-refractivity contribution in [3.8, 4) is 10.4 Å². The number of anilines is 1. The van der Waals surface area contributed by atoms with Crippen molar-refractivity contribution in [2.45, 2.75) is 51.2 Å². The standard InChI is InChI=1S/C19H22F3N5O2S/c1-10-14(11-6-7-24-13(9-11)18(2,3)19(20,21)22)30-16(25-10)26-17(29)27-8-4-5-12(27)15(23)28/h6-7,9,12H,4-5,8H2,1-3H3,(H2,23,28)(H,25,26,29)/t12-/m1/s1. The minimum atomic E-state index is -4.45. The summed E-state index contributed by atoms with van der Waals surface area (Å²) in [7, 11) is 0. The van der Waals surface area contributed by atoms with Gasteiger partial charge in [-0.2, -0.15) is 13.2 Å². The first-order valence-electron chi connectivity index (χ1n) is 9.30. The Kier molecular flexibility index (Phi) is 5.76. The highest BCUT2D eigenvalue weighted by molar-refractivity contribution is 7.19. The molecule has 1 saturated heterocycles. The van der Waals surface area contributed by atoms with E-state index in [1.165, 1.54) is 17.2 Å². The third kappa shape index (κ3) is 4.11. The summed E-state index contributed by atoms with van der Waals surface area (Å²) in [5, 5.41) is 2.95. The lowest BCUT2D eigenvalue weighted by atomic mass is 9.87. The summed E-state index contributed by atoms with van der Waals surface area (Å²) in [4.78, 5) is 34.2. The average molecular weight is 441 g/mol. The van der Waals surface area contributed by atoms with Crippen LogP contribution >= 0.6 is 11.3 Å². The molecule has 0 aliphatic carbocycles. The molecule has 0 spiro atoms. The minimum Gasteiger partial charge on any atom is -0.368 e. The molecular formula is C19H22F3N5O2S. The molecule has 1 fully saturated rings. The molecule has 0 unspecified atom stereocenters. The zero-order chi connectivity index (χ0) is 22.3. The van der Waals surface area contributed by atoms with Crippen LogP contribution in [0.25, 0.3) is 10.4 Å². The van der Waals surface area contributed by atoms with Gasteiger partial charge in [0.2, 0.25) is 5.91 Å². The Bertz CT molecular complexity index is 973. The van der Waals surface area contributed by atoms with Crippen LogP contribution in [0.2, 0.25) is 0 Å². The molecule has 0 saturated carbocycles. The van der Waals surface area contributed by atoms with Gasteiger partial charge >= 0.3 is 12.2 Å². The van der Waals surface area contributed by atoms with Crippen molar-refractivity contribution in [2.75, 3.05) is 11.9 Å². The summed E-state index contributed by atoms with van der Waals surface area (Å²) < 4.78 is 40.1. The number of pyridine rings is 1. The first-order chi connectivity index (χ1) is 13.9. The van der Waals surface area contributed by atoms with Gasteiger partial charge in [-0.3, -0.25) is 15.1 Å². The maximum Gasteiger partial charge on any atom is 0.399 e. The fraction of sp³-hybridized carbons (Fsp3) is 0.474. The van der Waals surface area contributed by atoms with Gasteiger partial charge in [0.05, 0.1) is 16.3 Å². The van der Waals surface area contributed by atoms with E-state index in [1.54, 1.807) is 13.0 Å². The van der Waals surface area contributed by atoms with Crippen molar-refractivity contribution >= 4 is 28.4 Å². The molecule has 30 heavy (non-hydrogen) atoms. The molecule has 1 atom stereocenters. The Hall–Kier alpha value is -2.69. The van der Waals surface area contributed by atoms with Crippen LogP contribution in [0.1, 0.15) is 38.1 Å². The van der Waals surface area contributed by atoms with Crippen LogP contribution in [0.4, 0.5) is 23.1 Å². The van der Waals surface area contributed by atoms with Crippen molar-refractivity contribution < 1.29 is 22.8 Å². The average Bonchev–Trinajstić information content (AvgIpc) is 3.28. The monoisotopic (exact) mass is 441 g/mol. The quantitative estimate of drug-likeness (QED) is 0.753. The lowest BCUT2D eigenvalue weighted by Gasteiger charge is -2.27. The van der Waals surface area contributed by atoms with E-state index < -0.39 is 29.6 Å². The van der Waals surface area contributed by atoms with Crippen molar-refractivity contribution in [1.82, 2.24) is 14.9 Å². The van der Waals surface area contributed by atoms with Crippen LogP contribution in [-0.4, -0.2) is 45.6 Å². The van der Waals surface area contributed by atoms with Crippen LogP contribution in [0.15, 0.2) is 18.3 Å². The number of carbonyl (C=O) groups excluding carboxylic acids is 2. The highest BCUT2D eigenvalue weighted by atomic mass is 32.1. The normalized spacial score (nSPS) is 17.3. The van der Waals surface area contributed by atoms with E-state index in [0.29, 0.717) is 35.5 Å². The van der Waals surface area contributed by atoms with E-state index in [0.717, 1.165) is 25.2 Å². The van der Waals surface area contributed by atoms with Gasteiger partial charge < -0.3 is 10.6 Å². The smallest absolute Gasteiger partial charge is 0.368 e. The number of urea groups is 1. The molecule has 3 N–H and O–H groups in total. The van der Waals surface area contributed by atoms with Crippen molar-refractivity contribution in [3.05, 3.63) is 29.7 Å². The first kappa shape index (κ1) is 22.0. The van der Waals surface area contributed by atoms with Gasteiger partial charge in [0.25, 0.3) is 0 Å². The lowest BCUT2D eigenvalue weighted by molar-refractivity contribution is -0.181. The van der Waals surface area contributed by atoms with Gasteiger partial charge in [0.1, 0.15) is 11.5 Å². The number of hydrogen-bond donors (Lipinski definition) is 2. The zero-order valence-electron chi connectivity index (χ0n) is 16.7. The molecule has 0 radical (unpaired) electrons. The molecular weight excluding hydrogens is 419 g/mol. The van der Waals surface area contributed by atoms with Gasteiger partial charge in [-0.25, -0.2) is 9.78 Å². The SMILES string of the molecule is Cc1nc(NC(=O)N2CCC[C@@H]2C(N)=O)sc1-c1ccnc(C(C)(C)C(F)(F)F)c1. The summed E-state index contributed by atoms with van der Waals surface area (Å²) in [6.45, 7) is 4.28. The fourth-order valence-corrected chi connectivity index (χ4v) is 4.20.